The summed E-state index contributed by atoms with van der Waals surface area (Å²) in [6, 6.07) is 11.2. The maximum Gasteiger partial charge on any atom is 0.225 e. The lowest BCUT2D eigenvalue weighted by atomic mass is 9.95. The van der Waals surface area contributed by atoms with E-state index in [4.69, 9.17) is 0 Å². The molecule has 2 atom stereocenters. The van der Waals surface area contributed by atoms with E-state index in [0.29, 0.717) is 11.9 Å². The number of amides is 2. The summed E-state index contributed by atoms with van der Waals surface area (Å²) in [7, 11) is 0. The van der Waals surface area contributed by atoms with Gasteiger partial charge in [-0.3, -0.25) is 14.5 Å². The fourth-order valence-electron chi connectivity index (χ4n) is 4.47. The van der Waals surface area contributed by atoms with Gasteiger partial charge in [0.15, 0.2) is 0 Å². The predicted molar refractivity (Wildman–Crippen MR) is 105 cm³/mol. The van der Waals surface area contributed by atoms with Gasteiger partial charge in [0.2, 0.25) is 11.8 Å². The van der Waals surface area contributed by atoms with E-state index >= 15 is 0 Å². The fraction of sp³-hybridized carbons (Fsp3) is 0.636. The lowest BCUT2D eigenvalue weighted by Gasteiger charge is -2.32. The van der Waals surface area contributed by atoms with Crippen LogP contribution in [0.4, 0.5) is 0 Å². The Balaban J connectivity index is 1.23. The van der Waals surface area contributed by atoms with E-state index < -0.39 is 0 Å². The van der Waals surface area contributed by atoms with Crippen molar-refractivity contribution < 1.29 is 9.59 Å². The van der Waals surface area contributed by atoms with Crippen LogP contribution < -0.4 is 5.32 Å². The van der Waals surface area contributed by atoms with Crippen molar-refractivity contribution in [1.29, 1.82) is 0 Å². The van der Waals surface area contributed by atoms with Gasteiger partial charge in [-0.2, -0.15) is 0 Å². The monoisotopic (exact) mass is 369 g/mol. The molecule has 2 heterocycles. The third-order valence-corrected chi connectivity index (χ3v) is 6.50. The number of nitrogens with one attached hydrogen (secondary N) is 1. The molecule has 1 aromatic rings. The number of benzene rings is 1. The third-order valence-electron chi connectivity index (χ3n) is 6.50. The van der Waals surface area contributed by atoms with Gasteiger partial charge in [-0.05, 0) is 44.6 Å². The van der Waals surface area contributed by atoms with E-state index in [9.17, 15) is 9.59 Å². The number of hydrogen-bond donors (Lipinski definition) is 1. The Labute approximate surface area is 162 Å². The lowest BCUT2D eigenvalue weighted by Crippen LogP contribution is -2.46. The number of carbonyl (C=O) groups excluding carboxylic acids is 2. The van der Waals surface area contributed by atoms with Crippen molar-refractivity contribution in [3.8, 4) is 0 Å². The van der Waals surface area contributed by atoms with Crippen LogP contribution in [0.25, 0.3) is 0 Å². The third kappa shape index (κ3) is 4.34. The zero-order chi connectivity index (χ0) is 18.8. The first-order valence-corrected chi connectivity index (χ1v) is 10.5. The molecule has 4 rings (SSSR count). The van der Waals surface area contributed by atoms with Crippen LogP contribution in [0, 0.1) is 11.8 Å². The summed E-state index contributed by atoms with van der Waals surface area (Å²) >= 11 is 0. The lowest BCUT2D eigenvalue weighted by molar-refractivity contribution is -0.136. The Kier molecular flexibility index (Phi) is 5.48. The molecule has 0 aromatic heterocycles. The summed E-state index contributed by atoms with van der Waals surface area (Å²) in [5, 5.41) is 3.28. The van der Waals surface area contributed by atoms with Crippen LogP contribution in [0.5, 0.6) is 0 Å². The molecule has 2 unspecified atom stereocenters. The van der Waals surface area contributed by atoms with Crippen molar-refractivity contribution in [2.45, 2.75) is 51.1 Å². The van der Waals surface area contributed by atoms with E-state index in [1.165, 1.54) is 5.56 Å². The van der Waals surface area contributed by atoms with Crippen LogP contribution in [0.15, 0.2) is 30.3 Å². The number of hydrogen-bond acceptors (Lipinski definition) is 3. The molecule has 0 spiro atoms. The van der Waals surface area contributed by atoms with Crippen LogP contribution in [-0.4, -0.2) is 53.8 Å². The fourth-order valence-corrected chi connectivity index (χ4v) is 4.47. The standard InChI is InChI=1S/C22H31N3O2/c1-16(17-5-3-2-4-6-17)25-14-11-20(15-25)23-21(26)18-9-12-24(13-10-18)22(27)19-7-8-19/h2-6,16,18-20H,7-15H2,1H3,(H,23,26). The molecule has 1 aromatic carbocycles. The molecule has 1 saturated carbocycles. The second-order valence-corrected chi connectivity index (χ2v) is 8.45. The number of nitrogens with zero attached hydrogens (tertiary/aromatic N) is 2. The Morgan fingerprint density at radius 3 is 2.33 bits per heavy atom. The van der Waals surface area contributed by atoms with E-state index in [2.05, 4.69) is 41.4 Å². The van der Waals surface area contributed by atoms with Crippen molar-refractivity contribution >= 4 is 11.8 Å². The van der Waals surface area contributed by atoms with Gasteiger partial charge in [-0.25, -0.2) is 0 Å². The van der Waals surface area contributed by atoms with E-state index in [0.717, 1.165) is 58.3 Å². The minimum absolute atomic E-state index is 0.0637. The highest BCUT2D eigenvalue weighted by atomic mass is 16.2. The average molecular weight is 370 g/mol. The molecule has 5 nitrogen and oxygen atoms in total. The summed E-state index contributed by atoms with van der Waals surface area (Å²) in [5.74, 6) is 0.850. The number of piperidine rings is 1. The minimum Gasteiger partial charge on any atom is -0.352 e. The van der Waals surface area contributed by atoms with Crippen LogP contribution >= 0.6 is 0 Å². The molecule has 1 aliphatic carbocycles. The highest BCUT2D eigenvalue weighted by Crippen LogP contribution is 2.32. The van der Waals surface area contributed by atoms with Gasteiger partial charge in [0, 0.05) is 50.1 Å². The molecular formula is C22H31N3O2. The molecule has 1 N–H and O–H groups in total. The maximum atomic E-state index is 12.7. The molecule has 0 bridgehead atoms. The second kappa shape index (κ2) is 8.01. The molecule has 2 saturated heterocycles. The van der Waals surface area contributed by atoms with E-state index in [1.807, 2.05) is 11.0 Å². The Morgan fingerprint density at radius 1 is 0.963 bits per heavy atom. The molecule has 3 fully saturated rings. The van der Waals surface area contributed by atoms with Gasteiger partial charge in [-0.1, -0.05) is 30.3 Å². The van der Waals surface area contributed by atoms with Crippen molar-refractivity contribution in [3.05, 3.63) is 35.9 Å². The van der Waals surface area contributed by atoms with E-state index in [1.54, 1.807) is 0 Å². The molecule has 5 heteroatoms. The number of rotatable bonds is 5. The largest absolute Gasteiger partial charge is 0.352 e. The molecular weight excluding hydrogens is 338 g/mol. The second-order valence-electron chi connectivity index (χ2n) is 8.45. The zero-order valence-electron chi connectivity index (χ0n) is 16.3. The highest BCUT2D eigenvalue weighted by molar-refractivity contribution is 5.82. The normalized spacial score (nSPS) is 25.4. The van der Waals surface area contributed by atoms with Gasteiger partial charge < -0.3 is 10.2 Å². The Hall–Kier alpha value is -1.88. The number of likely N-dealkylation sites (tertiary alicyclic amines) is 2. The van der Waals surface area contributed by atoms with Gasteiger partial charge in [-0.15, -0.1) is 0 Å². The minimum atomic E-state index is 0.0637. The first kappa shape index (κ1) is 18.5. The van der Waals surface area contributed by atoms with Crippen molar-refractivity contribution in [3.63, 3.8) is 0 Å². The highest BCUT2D eigenvalue weighted by Gasteiger charge is 2.36. The zero-order valence-corrected chi connectivity index (χ0v) is 16.3. The topological polar surface area (TPSA) is 52.7 Å². The van der Waals surface area contributed by atoms with Crippen LogP contribution in [0.1, 0.15) is 50.6 Å². The van der Waals surface area contributed by atoms with Gasteiger partial charge in [0.25, 0.3) is 0 Å². The van der Waals surface area contributed by atoms with Crippen molar-refractivity contribution in [2.75, 3.05) is 26.2 Å². The SMILES string of the molecule is CC(c1ccccc1)N1CCC(NC(=O)C2CCN(C(=O)C3CC3)CC2)C1. The molecule has 2 amide bonds. The summed E-state index contributed by atoms with van der Waals surface area (Å²) in [6.07, 6.45) is 4.74. The first-order valence-electron chi connectivity index (χ1n) is 10.5. The maximum absolute atomic E-state index is 12.7. The molecule has 27 heavy (non-hydrogen) atoms. The molecule has 146 valence electrons. The molecule has 3 aliphatic rings. The smallest absolute Gasteiger partial charge is 0.225 e. The predicted octanol–water partition coefficient (Wildman–Crippen LogP) is 2.59. The van der Waals surface area contributed by atoms with Gasteiger partial charge >= 0.3 is 0 Å². The number of carbonyl (C=O) groups is 2. The summed E-state index contributed by atoms with van der Waals surface area (Å²) in [4.78, 5) is 29.3. The van der Waals surface area contributed by atoms with Crippen LogP contribution in [0.3, 0.4) is 0 Å². The Bertz CT molecular complexity index is 665. The molecule has 0 radical (unpaired) electrons. The average Bonchev–Trinajstić information content (AvgIpc) is 3.46. The van der Waals surface area contributed by atoms with Crippen LogP contribution in [-0.2, 0) is 9.59 Å². The van der Waals surface area contributed by atoms with Crippen molar-refractivity contribution in [1.82, 2.24) is 15.1 Å². The van der Waals surface area contributed by atoms with E-state index in [-0.39, 0.29) is 23.8 Å². The van der Waals surface area contributed by atoms with Crippen molar-refractivity contribution in [2.24, 2.45) is 11.8 Å². The van der Waals surface area contributed by atoms with Gasteiger partial charge in [0.05, 0.1) is 0 Å². The van der Waals surface area contributed by atoms with Gasteiger partial charge in [0.1, 0.15) is 0 Å². The summed E-state index contributed by atoms with van der Waals surface area (Å²) in [5.41, 5.74) is 1.33. The summed E-state index contributed by atoms with van der Waals surface area (Å²) in [6.45, 7) is 5.67. The quantitative estimate of drug-likeness (QED) is 0.868. The summed E-state index contributed by atoms with van der Waals surface area (Å²) < 4.78 is 0. The molecule has 2 aliphatic heterocycles. The van der Waals surface area contributed by atoms with Crippen LogP contribution in [0.2, 0.25) is 0 Å². The Morgan fingerprint density at radius 2 is 1.67 bits per heavy atom. The first-order chi connectivity index (χ1) is 13.1.